The van der Waals surface area contributed by atoms with Crippen LogP contribution in [0.1, 0.15) is 66.1 Å². The van der Waals surface area contributed by atoms with Gasteiger partial charge in [-0.25, -0.2) is 0 Å². The fraction of sp³-hybridized carbons (Fsp3) is 0.533. The third-order valence-electron chi connectivity index (χ3n) is 9.13. The summed E-state index contributed by atoms with van der Waals surface area (Å²) in [6.45, 7) is 7.30. The van der Waals surface area contributed by atoms with Gasteiger partial charge in [-0.15, -0.1) is 17.9 Å². The van der Waals surface area contributed by atoms with Gasteiger partial charge in [0.15, 0.2) is 0 Å². The minimum Gasteiger partial charge on any atom is -0.330 e. The Morgan fingerprint density at radius 1 is 1.09 bits per heavy atom. The number of benzene rings is 1. The van der Waals surface area contributed by atoms with Crippen molar-refractivity contribution in [2.75, 3.05) is 19.6 Å². The molecule has 7 rings (SSSR count). The van der Waals surface area contributed by atoms with Gasteiger partial charge in [0.25, 0.3) is 0 Å². The average molecular weight is 489 g/mol. The van der Waals surface area contributed by atoms with E-state index in [4.69, 9.17) is 0 Å². The first-order valence-electron chi connectivity index (χ1n) is 13.3. The van der Waals surface area contributed by atoms with Crippen molar-refractivity contribution in [3.05, 3.63) is 69.9 Å². The predicted octanol–water partition coefficient (Wildman–Crippen LogP) is 5.76. The molecular formula is C30H36N2O2S. The number of carbonyl (C=O) groups excluding carboxylic acids is 2. The van der Waals surface area contributed by atoms with Crippen molar-refractivity contribution in [2.45, 2.75) is 57.9 Å². The first-order valence-corrected chi connectivity index (χ1v) is 14.2. The Morgan fingerprint density at radius 2 is 1.74 bits per heavy atom. The van der Waals surface area contributed by atoms with Gasteiger partial charge in [-0.3, -0.25) is 9.59 Å². The largest absolute Gasteiger partial charge is 0.330 e. The van der Waals surface area contributed by atoms with Crippen molar-refractivity contribution in [3.8, 4) is 0 Å². The van der Waals surface area contributed by atoms with Crippen LogP contribution in [0, 0.1) is 30.1 Å². The second-order valence-electron chi connectivity index (χ2n) is 11.6. The van der Waals surface area contributed by atoms with Gasteiger partial charge in [-0.1, -0.05) is 35.9 Å². The van der Waals surface area contributed by atoms with E-state index in [0.29, 0.717) is 30.8 Å². The maximum atomic E-state index is 14.1. The number of nitrogens with zero attached hydrogens (tertiary/aromatic N) is 2. The Balaban J connectivity index is 1.26. The normalized spacial score (nSPS) is 30.7. The van der Waals surface area contributed by atoms with Gasteiger partial charge in [-0.2, -0.15) is 0 Å². The first-order chi connectivity index (χ1) is 17.0. The highest BCUT2D eigenvalue weighted by molar-refractivity contribution is 7.10. The zero-order valence-electron chi connectivity index (χ0n) is 20.7. The molecule has 1 aromatic carbocycles. The van der Waals surface area contributed by atoms with Gasteiger partial charge in [0.1, 0.15) is 6.54 Å². The van der Waals surface area contributed by atoms with E-state index >= 15 is 0 Å². The molecule has 184 valence electrons. The lowest BCUT2D eigenvalue weighted by molar-refractivity contribution is -0.160. The second-order valence-corrected chi connectivity index (χ2v) is 12.6. The summed E-state index contributed by atoms with van der Waals surface area (Å²) in [7, 11) is 0. The van der Waals surface area contributed by atoms with E-state index in [0.717, 1.165) is 31.2 Å². The van der Waals surface area contributed by atoms with Gasteiger partial charge in [-0.05, 0) is 92.2 Å². The molecule has 4 saturated carbocycles. The van der Waals surface area contributed by atoms with Crippen LogP contribution in [0.2, 0.25) is 0 Å². The lowest BCUT2D eigenvalue weighted by atomic mass is 9.49. The Hall–Kier alpha value is -2.40. The van der Waals surface area contributed by atoms with Crippen LogP contribution in [0.15, 0.2) is 48.4 Å². The van der Waals surface area contributed by atoms with Crippen LogP contribution in [0.3, 0.4) is 0 Å². The molecule has 5 aliphatic rings. The third-order valence-corrected chi connectivity index (χ3v) is 10.1. The molecular weight excluding hydrogens is 452 g/mol. The molecule has 4 aliphatic carbocycles. The summed E-state index contributed by atoms with van der Waals surface area (Å²) in [4.78, 5) is 33.2. The quantitative estimate of drug-likeness (QED) is 0.485. The second kappa shape index (κ2) is 8.92. The van der Waals surface area contributed by atoms with Crippen LogP contribution < -0.4 is 0 Å². The molecule has 1 aromatic heterocycles. The molecule has 1 aliphatic heterocycles. The van der Waals surface area contributed by atoms with Gasteiger partial charge in [0.2, 0.25) is 11.8 Å². The Bertz CT molecular complexity index is 1100. The Morgan fingerprint density at radius 3 is 2.37 bits per heavy atom. The van der Waals surface area contributed by atoms with Crippen LogP contribution in [-0.2, 0) is 16.0 Å². The number of hydrogen-bond acceptors (Lipinski definition) is 3. The van der Waals surface area contributed by atoms with Crippen molar-refractivity contribution in [2.24, 2.45) is 23.2 Å². The molecule has 4 nitrogen and oxygen atoms in total. The number of thiophene rings is 1. The number of amides is 2. The van der Waals surface area contributed by atoms with E-state index < -0.39 is 0 Å². The summed E-state index contributed by atoms with van der Waals surface area (Å²) in [6.07, 6.45) is 9.66. The molecule has 1 unspecified atom stereocenters. The highest BCUT2D eigenvalue weighted by atomic mass is 32.1. The molecule has 4 fully saturated rings. The van der Waals surface area contributed by atoms with E-state index in [1.54, 1.807) is 17.4 Å². The Kier molecular flexibility index (Phi) is 5.87. The van der Waals surface area contributed by atoms with Crippen LogP contribution in [0.4, 0.5) is 0 Å². The molecule has 2 aromatic rings. The van der Waals surface area contributed by atoms with Gasteiger partial charge >= 0.3 is 0 Å². The van der Waals surface area contributed by atoms with E-state index in [2.05, 4.69) is 49.2 Å². The zero-order valence-corrected chi connectivity index (χ0v) is 21.6. The number of fused-ring (bicyclic) bond motifs is 1. The highest BCUT2D eigenvalue weighted by Gasteiger charge is 2.55. The highest BCUT2D eigenvalue weighted by Crippen LogP contribution is 2.60. The van der Waals surface area contributed by atoms with E-state index in [1.807, 2.05) is 9.80 Å². The standard InChI is InChI=1S/C30H36N2O2S/c1-3-10-31(29(34)30-16-21-13-22(17-30)15-23(14-21)18-30)19-27(33)32-11-8-26-25(9-12-35-26)28(32)24-6-4-20(2)5-7-24/h3-7,9,12,21-23,28H,1,8,10-11,13-19H2,2H3. The smallest absolute Gasteiger partial charge is 0.243 e. The van der Waals surface area contributed by atoms with Crippen molar-refractivity contribution < 1.29 is 9.59 Å². The lowest BCUT2D eigenvalue weighted by Gasteiger charge is -2.56. The SMILES string of the molecule is C=CCN(CC(=O)N1CCc2sccc2C1c1ccc(C)cc1)C(=O)C12CC3CC(CC(C3)C1)C2. The first kappa shape index (κ1) is 23.0. The van der Waals surface area contributed by atoms with Gasteiger partial charge in [0, 0.05) is 18.0 Å². The number of aryl methyl sites for hydroxylation is 1. The van der Waals surface area contributed by atoms with Crippen LogP contribution in [0.25, 0.3) is 0 Å². The molecule has 35 heavy (non-hydrogen) atoms. The van der Waals surface area contributed by atoms with E-state index in [1.165, 1.54) is 35.3 Å². The van der Waals surface area contributed by atoms with Crippen molar-refractivity contribution in [1.29, 1.82) is 0 Å². The van der Waals surface area contributed by atoms with Gasteiger partial charge < -0.3 is 9.80 Å². The third kappa shape index (κ3) is 4.06. The molecule has 0 N–H and O–H groups in total. The molecule has 4 bridgehead atoms. The summed E-state index contributed by atoms with van der Waals surface area (Å²) in [5, 5.41) is 2.14. The summed E-state index contributed by atoms with van der Waals surface area (Å²) in [5.41, 5.74) is 3.36. The fourth-order valence-electron chi connectivity index (χ4n) is 8.03. The minimum atomic E-state index is -0.239. The molecule has 2 amide bonds. The molecule has 0 radical (unpaired) electrons. The maximum Gasteiger partial charge on any atom is 0.243 e. The molecule has 2 heterocycles. The maximum absolute atomic E-state index is 14.1. The Labute approximate surface area is 213 Å². The van der Waals surface area contributed by atoms with Gasteiger partial charge in [0.05, 0.1) is 11.5 Å². The number of hydrogen-bond donors (Lipinski definition) is 0. The molecule has 0 spiro atoms. The minimum absolute atomic E-state index is 0.0485. The summed E-state index contributed by atoms with van der Waals surface area (Å²) >= 11 is 1.78. The van der Waals surface area contributed by atoms with Crippen molar-refractivity contribution in [3.63, 3.8) is 0 Å². The number of carbonyl (C=O) groups is 2. The summed E-state index contributed by atoms with van der Waals surface area (Å²) in [5.74, 6) is 2.38. The van der Waals surface area contributed by atoms with Crippen LogP contribution >= 0.6 is 11.3 Å². The zero-order chi connectivity index (χ0) is 24.2. The van der Waals surface area contributed by atoms with Crippen molar-refractivity contribution >= 4 is 23.2 Å². The summed E-state index contributed by atoms with van der Waals surface area (Å²) in [6, 6.07) is 10.6. The molecule has 1 atom stereocenters. The molecule has 5 heteroatoms. The fourth-order valence-corrected chi connectivity index (χ4v) is 8.93. The van der Waals surface area contributed by atoms with Crippen LogP contribution in [0.5, 0.6) is 0 Å². The lowest BCUT2D eigenvalue weighted by Crippen LogP contribution is -2.56. The molecule has 0 saturated heterocycles. The van der Waals surface area contributed by atoms with E-state index in [9.17, 15) is 9.59 Å². The predicted molar refractivity (Wildman–Crippen MR) is 140 cm³/mol. The van der Waals surface area contributed by atoms with Crippen molar-refractivity contribution in [1.82, 2.24) is 9.80 Å². The number of rotatable bonds is 6. The topological polar surface area (TPSA) is 40.6 Å². The van der Waals surface area contributed by atoms with E-state index in [-0.39, 0.29) is 29.8 Å². The van der Waals surface area contributed by atoms with Crippen LogP contribution in [-0.4, -0.2) is 41.2 Å². The summed E-state index contributed by atoms with van der Waals surface area (Å²) < 4.78 is 0. The average Bonchev–Trinajstić information content (AvgIpc) is 3.31. The monoisotopic (exact) mass is 488 g/mol.